The molecule has 5 heteroatoms. The summed E-state index contributed by atoms with van der Waals surface area (Å²) in [5, 5.41) is 1.38. The number of aromatic nitrogens is 1. The van der Waals surface area contributed by atoms with Crippen LogP contribution in [0.4, 0.5) is 0 Å². The summed E-state index contributed by atoms with van der Waals surface area (Å²) in [4.78, 5) is 14.8. The van der Waals surface area contributed by atoms with Crippen molar-refractivity contribution in [1.82, 2.24) is 4.98 Å². The quantitative estimate of drug-likeness (QED) is 0.883. The summed E-state index contributed by atoms with van der Waals surface area (Å²) in [5.41, 5.74) is 5.63. The van der Waals surface area contributed by atoms with Crippen LogP contribution in [0, 0.1) is 0 Å². The van der Waals surface area contributed by atoms with Crippen LogP contribution in [-0.2, 0) is 4.79 Å². The SMILES string of the molecule is NC(=O)COc1ccc(Cl)c2cccnc12. The Kier molecular flexibility index (Phi) is 2.92. The average Bonchev–Trinajstić information content (AvgIpc) is 2.28. The van der Waals surface area contributed by atoms with Crippen LogP contribution in [0.5, 0.6) is 5.75 Å². The maximum atomic E-state index is 10.6. The Labute approximate surface area is 97.0 Å². The van der Waals surface area contributed by atoms with Crippen molar-refractivity contribution in [1.29, 1.82) is 0 Å². The highest BCUT2D eigenvalue weighted by atomic mass is 35.5. The molecule has 16 heavy (non-hydrogen) atoms. The number of carbonyl (C=O) groups excluding carboxylic acids is 1. The number of pyridine rings is 1. The van der Waals surface area contributed by atoms with E-state index in [1.54, 1.807) is 24.4 Å². The maximum absolute atomic E-state index is 10.6. The van der Waals surface area contributed by atoms with E-state index < -0.39 is 5.91 Å². The van der Waals surface area contributed by atoms with E-state index in [-0.39, 0.29) is 6.61 Å². The summed E-state index contributed by atoms with van der Waals surface area (Å²) < 4.78 is 5.24. The van der Waals surface area contributed by atoms with Gasteiger partial charge in [-0.05, 0) is 24.3 Å². The molecule has 0 aliphatic carbocycles. The molecule has 0 unspecified atom stereocenters. The molecule has 0 radical (unpaired) electrons. The molecule has 0 aliphatic heterocycles. The molecule has 0 saturated heterocycles. The minimum Gasteiger partial charge on any atom is -0.481 e. The van der Waals surface area contributed by atoms with E-state index in [9.17, 15) is 4.79 Å². The number of benzene rings is 1. The first kappa shape index (κ1) is 10.7. The summed E-state index contributed by atoms with van der Waals surface area (Å²) in [6, 6.07) is 6.98. The van der Waals surface area contributed by atoms with Crippen LogP contribution in [-0.4, -0.2) is 17.5 Å². The highest BCUT2D eigenvalue weighted by Gasteiger charge is 2.07. The van der Waals surface area contributed by atoms with E-state index in [0.29, 0.717) is 16.3 Å². The number of rotatable bonds is 3. The number of primary amides is 1. The van der Waals surface area contributed by atoms with Gasteiger partial charge >= 0.3 is 0 Å². The molecule has 82 valence electrons. The molecule has 4 nitrogen and oxygen atoms in total. The Bertz CT molecular complexity index is 542. The lowest BCUT2D eigenvalue weighted by atomic mass is 10.2. The Morgan fingerprint density at radius 2 is 2.25 bits per heavy atom. The van der Waals surface area contributed by atoms with Gasteiger partial charge in [0.05, 0.1) is 5.02 Å². The van der Waals surface area contributed by atoms with Gasteiger partial charge in [0.25, 0.3) is 5.91 Å². The zero-order valence-corrected chi connectivity index (χ0v) is 9.07. The molecular weight excluding hydrogens is 228 g/mol. The van der Waals surface area contributed by atoms with Crippen molar-refractivity contribution in [3.05, 3.63) is 35.5 Å². The zero-order chi connectivity index (χ0) is 11.5. The minimum atomic E-state index is -0.529. The standard InChI is InChI=1S/C11H9ClN2O2/c12-8-3-4-9(16-6-10(13)15)11-7(8)2-1-5-14-11/h1-5H,6H2,(H2,13,15). The number of halogens is 1. The fourth-order valence-corrected chi connectivity index (χ4v) is 1.59. The number of carbonyl (C=O) groups is 1. The van der Waals surface area contributed by atoms with Gasteiger partial charge in [-0.1, -0.05) is 11.6 Å². The minimum absolute atomic E-state index is 0.173. The Balaban J connectivity index is 2.46. The third kappa shape index (κ3) is 2.06. The Morgan fingerprint density at radius 1 is 1.44 bits per heavy atom. The number of ether oxygens (including phenoxy) is 1. The highest BCUT2D eigenvalue weighted by Crippen LogP contribution is 2.29. The topological polar surface area (TPSA) is 65.2 Å². The van der Waals surface area contributed by atoms with Crippen molar-refractivity contribution in [2.75, 3.05) is 6.61 Å². The number of nitrogens with two attached hydrogens (primary N) is 1. The Hall–Kier alpha value is -1.81. The van der Waals surface area contributed by atoms with Crippen LogP contribution in [0.2, 0.25) is 5.02 Å². The van der Waals surface area contributed by atoms with E-state index in [4.69, 9.17) is 22.1 Å². The summed E-state index contributed by atoms with van der Waals surface area (Å²) in [5.74, 6) is -0.0298. The van der Waals surface area contributed by atoms with Gasteiger partial charge in [-0.2, -0.15) is 0 Å². The molecule has 2 aromatic rings. The zero-order valence-electron chi connectivity index (χ0n) is 8.31. The van der Waals surface area contributed by atoms with Crippen LogP contribution < -0.4 is 10.5 Å². The van der Waals surface area contributed by atoms with E-state index in [2.05, 4.69) is 4.98 Å². The first-order valence-electron chi connectivity index (χ1n) is 4.63. The fraction of sp³-hybridized carbons (Fsp3) is 0.0909. The number of amides is 1. The van der Waals surface area contributed by atoms with Crippen molar-refractivity contribution < 1.29 is 9.53 Å². The van der Waals surface area contributed by atoms with Crippen molar-refractivity contribution in [2.24, 2.45) is 5.73 Å². The molecule has 0 fully saturated rings. The molecule has 2 rings (SSSR count). The lowest BCUT2D eigenvalue weighted by molar-refractivity contribution is -0.119. The predicted molar refractivity (Wildman–Crippen MR) is 61.4 cm³/mol. The number of fused-ring (bicyclic) bond motifs is 1. The van der Waals surface area contributed by atoms with Crippen LogP contribution in [0.1, 0.15) is 0 Å². The molecule has 1 aromatic heterocycles. The van der Waals surface area contributed by atoms with Crippen LogP contribution >= 0.6 is 11.6 Å². The lowest BCUT2D eigenvalue weighted by Crippen LogP contribution is -2.20. The molecule has 2 N–H and O–H groups in total. The third-order valence-electron chi connectivity index (χ3n) is 2.05. The van der Waals surface area contributed by atoms with Gasteiger partial charge in [0.1, 0.15) is 11.3 Å². The van der Waals surface area contributed by atoms with Crippen LogP contribution in [0.3, 0.4) is 0 Å². The van der Waals surface area contributed by atoms with Crippen LogP contribution in [0.15, 0.2) is 30.5 Å². The smallest absolute Gasteiger partial charge is 0.255 e. The van der Waals surface area contributed by atoms with Gasteiger partial charge in [-0.3, -0.25) is 9.78 Å². The molecule has 0 saturated carbocycles. The number of hydrogen-bond acceptors (Lipinski definition) is 3. The first-order chi connectivity index (χ1) is 7.68. The number of nitrogens with zero attached hydrogens (tertiary/aromatic N) is 1. The molecule has 0 aliphatic rings. The average molecular weight is 237 g/mol. The third-order valence-corrected chi connectivity index (χ3v) is 2.38. The first-order valence-corrected chi connectivity index (χ1v) is 5.00. The fourth-order valence-electron chi connectivity index (χ4n) is 1.38. The second-order valence-corrected chi connectivity index (χ2v) is 3.61. The molecule has 1 aromatic carbocycles. The van der Waals surface area contributed by atoms with Gasteiger partial charge in [0.15, 0.2) is 6.61 Å². The van der Waals surface area contributed by atoms with Gasteiger partial charge in [0, 0.05) is 11.6 Å². The molecule has 0 atom stereocenters. The van der Waals surface area contributed by atoms with Crippen molar-refractivity contribution in [3.8, 4) is 5.75 Å². The van der Waals surface area contributed by atoms with Gasteiger partial charge in [-0.25, -0.2) is 0 Å². The summed E-state index contributed by atoms with van der Waals surface area (Å²) >= 11 is 6.00. The van der Waals surface area contributed by atoms with E-state index in [1.807, 2.05) is 6.07 Å². The normalized spacial score (nSPS) is 10.3. The van der Waals surface area contributed by atoms with E-state index in [1.165, 1.54) is 0 Å². The van der Waals surface area contributed by atoms with Gasteiger partial charge < -0.3 is 10.5 Å². The molecule has 0 bridgehead atoms. The summed E-state index contributed by atoms with van der Waals surface area (Å²) in [6.07, 6.45) is 1.63. The van der Waals surface area contributed by atoms with Gasteiger partial charge in [-0.15, -0.1) is 0 Å². The van der Waals surface area contributed by atoms with Gasteiger partial charge in [0.2, 0.25) is 0 Å². The summed E-state index contributed by atoms with van der Waals surface area (Å²) in [6.45, 7) is -0.173. The highest BCUT2D eigenvalue weighted by molar-refractivity contribution is 6.35. The molecule has 1 heterocycles. The van der Waals surface area contributed by atoms with E-state index >= 15 is 0 Å². The van der Waals surface area contributed by atoms with E-state index in [0.717, 1.165) is 5.39 Å². The van der Waals surface area contributed by atoms with Crippen LogP contribution in [0.25, 0.3) is 10.9 Å². The second kappa shape index (κ2) is 4.37. The second-order valence-electron chi connectivity index (χ2n) is 3.20. The summed E-state index contributed by atoms with van der Waals surface area (Å²) in [7, 11) is 0. The predicted octanol–water partition coefficient (Wildman–Crippen LogP) is 1.75. The molecule has 0 spiro atoms. The van der Waals surface area contributed by atoms with Crippen molar-refractivity contribution in [2.45, 2.75) is 0 Å². The Morgan fingerprint density at radius 3 is 3.00 bits per heavy atom. The lowest BCUT2D eigenvalue weighted by Gasteiger charge is -2.07. The number of hydrogen-bond donors (Lipinski definition) is 1. The monoisotopic (exact) mass is 236 g/mol. The molecular formula is C11H9ClN2O2. The largest absolute Gasteiger partial charge is 0.481 e. The van der Waals surface area contributed by atoms with Crippen molar-refractivity contribution in [3.63, 3.8) is 0 Å². The molecule has 1 amide bonds. The van der Waals surface area contributed by atoms with Crippen molar-refractivity contribution >= 4 is 28.4 Å². The maximum Gasteiger partial charge on any atom is 0.255 e.